The van der Waals surface area contributed by atoms with Gasteiger partial charge in [0.15, 0.2) is 5.82 Å². The first kappa shape index (κ1) is 29.6. The summed E-state index contributed by atoms with van der Waals surface area (Å²) < 4.78 is 46.4. The number of piperidine rings is 1. The molecule has 3 aliphatic heterocycles. The summed E-state index contributed by atoms with van der Waals surface area (Å²) in [6.07, 6.45) is 4.65. The van der Waals surface area contributed by atoms with Crippen molar-refractivity contribution in [3.8, 4) is 5.88 Å². The molecule has 16 heteroatoms. The number of carbonyl (C=O) groups is 2. The van der Waals surface area contributed by atoms with Gasteiger partial charge in [-0.2, -0.15) is 4.98 Å². The predicted octanol–water partition coefficient (Wildman–Crippen LogP) is 2.45. The number of amides is 3. The van der Waals surface area contributed by atoms with E-state index in [-0.39, 0.29) is 42.6 Å². The van der Waals surface area contributed by atoms with Crippen LogP contribution in [0.15, 0.2) is 24.7 Å². The second-order valence-corrected chi connectivity index (χ2v) is 10.3. The molecule has 0 saturated carbocycles. The van der Waals surface area contributed by atoms with Gasteiger partial charge in [0.05, 0.1) is 38.3 Å². The number of likely N-dealkylation sites (tertiary alicyclic amines) is 1. The third kappa shape index (κ3) is 6.92. The molecule has 2 N–H and O–H groups in total. The smallest absolute Gasteiger partial charge is 0.413 e. The molecule has 0 aromatic carbocycles. The maximum absolute atomic E-state index is 15.0. The van der Waals surface area contributed by atoms with Crippen LogP contribution in [0, 0.1) is 0 Å². The molecule has 0 bridgehead atoms. The van der Waals surface area contributed by atoms with Crippen LogP contribution >= 0.6 is 0 Å². The van der Waals surface area contributed by atoms with Crippen LogP contribution in [0.25, 0.3) is 0 Å². The van der Waals surface area contributed by atoms with E-state index in [1.165, 1.54) is 31.7 Å². The van der Waals surface area contributed by atoms with Crippen LogP contribution in [0.3, 0.4) is 0 Å². The molecule has 2 aromatic rings. The van der Waals surface area contributed by atoms with E-state index in [1.807, 2.05) is 0 Å². The van der Waals surface area contributed by atoms with E-state index in [0.29, 0.717) is 19.8 Å². The minimum atomic E-state index is -3.16. The number of hydrogen-bond acceptors (Lipinski definition) is 11. The van der Waals surface area contributed by atoms with Crippen molar-refractivity contribution in [2.45, 2.75) is 50.3 Å². The van der Waals surface area contributed by atoms with Gasteiger partial charge in [0.1, 0.15) is 18.0 Å². The Labute approximate surface area is 241 Å². The second kappa shape index (κ2) is 12.9. The monoisotopic (exact) mass is 591 g/mol. The summed E-state index contributed by atoms with van der Waals surface area (Å²) in [5.41, 5.74) is 0. The summed E-state index contributed by atoms with van der Waals surface area (Å²) in [6, 6.07) is -0.762. The highest BCUT2D eigenvalue weighted by atomic mass is 19.3. The number of likely N-dealkylation sites (N-methyl/N-ethyl adjacent to an activating group) is 1. The largest absolute Gasteiger partial charge is 0.477 e. The average molecular weight is 592 g/mol. The number of halogens is 2. The molecule has 5 rings (SSSR count). The van der Waals surface area contributed by atoms with Crippen molar-refractivity contribution in [2.24, 2.45) is 0 Å². The zero-order valence-corrected chi connectivity index (χ0v) is 23.5. The fraction of sp³-hybridized carbons (Fsp3) is 0.615. The molecular weight excluding hydrogens is 556 g/mol. The minimum Gasteiger partial charge on any atom is -0.477 e. The van der Waals surface area contributed by atoms with Crippen molar-refractivity contribution in [3.63, 3.8) is 0 Å². The molecule has 3 saturated heterocycles. The standard InChI is InChI=1S/C26H35F2N9O5/c1-3-41-22-13-30-21(12-31-22)33-24(38)35(2)19-14-37(11-7-26(19,27)28)23-29-8-6-20(32-23)34-25(39)42-18-16-40-15-17(18)36-9-4-5-10-36/h6,8,12-13,17-19H,3-5,7,9-11,14-16H2,1-2H3,(H,30,33,38)(H,29,32,34,39)/t17-,18-,19+/m1/s1. The molecule has 3 amide bonds. The third-order valence-corrected chi connectivity index (χ3v) is 7.56. The summed E-state index contributed by atoms with van der Waals surface area (Å²) >= 11 is 0. The van der Waals surface area contributed by atoms with Crippen LogP contribution in [-0.4, -0.2) is 119 Å². The molecule has 14 nitrogen and oxygen atoms in total. The summed E-state index contributed by atoms with van der Waals surface area (Å²) in [6.45, 7) is 4.64. The number of rotatable bonds is 8. The van der Waals surface area contributed by atoms with Crippen molar-refractivity contribution in [1.29, 1.82) is 0 Å². The normalized spacial score (nSPS) is 23.8. The maximum atomic E-state index is 15.0. The highest BCUT2D eigenvalue weighted by Gasteiger charge is 2.48. The summed E-state index contributed by atoms with van der Waals surface area (Å²) in [5, 5.41) is 5.09. The Kier molecular flexibility index (Phi) is 9.11. The number of nitrogens with one attached hydrogen (secondary N) is 2. The molecule has 3 atom stereocenters. The van der Waals surface area contributed by atoms with E-state index < -0.39 is 36.6 Å². The summed E-state index contributed by atoms with van der Waals surface area (Å²) in [4.78, 5) is 46.9. The number of ether oxygens (including phenoxy) is 3. The molecule has 0 aliphatic carbocycles. The first-order valence-electron chi connectivity index (χ1n) is 14.0. The molecule has 5 heterocycles. The molecule has 2 aromatic heterocycles. The van der Waals surface area contributed by atoms with Crippen LogP contribution in [-0.2, 0) is 9.47 Å². The van der Waals surface area contributed by atoms with Crippen LogP contribution in [0.2, 0.25) is 0 Å². The van der Waals surface area contributed by atoms with Gasteiger partial charge >= 0.3 is 12.1 Å². The highest BCUT2D eigenvalue weighted by molar-refractivity contribution is 5.88. The Morgan fingerprint density at radius 1 is 1.12 bits per heavy atom. The lowest BCUT2D eigenvalue weighted by molar-refractivity contribution is -0.0760. The second-order valence-electron chi connectivity index (χ2n) is 10.3. The number of urea groups is 1. The predicted molar refractivity (Wildman–Crippen MR) is 147 cm³/mol. The molecule has 0 unspecified atom stereocenters. The van der Waals surface area contributed by atoms with Gasteiger partial charge in [0, 0.05) is 32.8 Å². The molecule has 3 fully saturated rings. The van der Waals surface area contributed by atoms with Crippen molar-refractivity contribution >= 4 is 29.7 Å². The fourth-order valence-electron chi connectivity index (χ4n) is 5.31. The zero-order valence-electron chi connectivity index (χ0n) is 23.5. The molecule has 0 radical (unpaired) electrons. The zero-order chi connectivity index (χ0) is 29.7. The molecular formula is C26H35F2N9O5. The van der Waals surface area contributed by atoms with E-state index in [4.69, 9.17) is 14.2 Å². The Morgan fingerprint density at radius 2 is 1.93 bits per heavy atom. The molecule has 0 spiro atoms. The van der Waals surface area contributed by atoms with Gasteiger partial charge in [-0.3, -0.25) is 15.5 Å². The number of nitrogens with zero attached hydrogens (tertiary/aromatic N) is 7. The number of alkyl halides is 2. The topological polar surface area (TPSA) is 147 Å². The Bertz CT molecular complexity index is 1230. The van der Waals surface area contributed by atoms with Gasteiger partial charge in [-0.1, -0.05) is 0 Å². The van der Waals surface area contributed by atoms with Crippen molar-refractivity contribution in [1.82, 2.24) is 29.7 Å². The van der Waals surface area contributed by atoms with Crippen LogP contribution < -0.4 is 20.3 Å². The number of anilines is 3. The molecule has 42 heavy (non-hydrogen) atoms. The van der Waals surface area contributed by atoms with E-state index >= 15 is 8.78 Å². The van der Waals surface area contributed by atoms with Gasteiger partial charge in [-0.15, -0.1) is 0 Å². The quantitative estimate of drug-likeness (QED) is 0.467. The average Bonchev–Trinajstić information content (AvgIpc) is 3.66. The van der Waals surface area contributed by atoms with E-state index in [0.717, 1.165) is 30.8 Å². The highest BCUT2D eigenvalue weighted by Crippen LogP contribution is 2.33. The van der Waals surface area contributed by atoms with Gasteiger partial charge in [-0.05, 0) is 38.9 Å². The SMILES string of the molecule is CCOc1cnc(NC(=O)N(C)[C@H]2CN(c3nccc(NC(=O)O[C@@H]4COC[C@H]4N4CCCC4)n3)CCC2(F)F)cn1. The van der Waals surface area contributed by atoms with Gasteiger partial charge < -0.3 is 24.0 Å². The number of aromatic nitrogens is 4. The van der Waals surface area contributed by atoms with E-state index in [1.54, 1.807) is 11.8 Å². The summed E-state index contributed by atoms with van der Waals surface area (Å²) in [5.74, 6) is -2.49. The van der Waals surface area contributed by atoms with Crippen molar-refractivity contribution < 1.29 is 32.6 Å². The van der Waals surface area contributed by atoms with Crippen molar-refractivity contribution in [2.75, 3.05) is 68.6 Å². The lowest BCUT2D eigenvalue weighted by Crippen LogP contribution is -2.60. The number of carbonyl (C=O) groups excluding carboxylic acids is 2. The fourth-order valence-corrected chi connectivity index (χ4v) is 5.31. The maximum Gasteiger partial charge on any atom is 0.413 e. The van der Waals surface area contributed by atoms with Gasteiger partial charge in [0.2, 0.25) is 11.8 Å². The van der Waals surface area contributed by atoms with Crippen LogP contribution in [0.5, 0.6) is 5.88 Å². The lowest BCUT2D eigenvalue weighted by atomic mass is 10.00. The Morgan fingerprint density at radius 3 is 2.67 bits per heavy atom. The Balaban J connectivity index is 1.20. The number of hydrogen-bond donors (Lipinski definition) is 2. The third-order valence-electron chi connectivity index (χ3n) is 7.56. The van der Waals surface area contributed by atoms with Gasteiger partial charge in [-0.25, -0.2) is 33.3 Å². The van der Waals surface area contributed by atoms with Crippen LogP contribution in [0.4, 0.5) is 36.0 Å². The minimum absolute atomic E-state index is 0.0156. The summed E-state index contributed by atoms with van der Waals surface area (Å²) in [7, 11) is 1.29. The molecule has 228 valence electrons. The van der Waals surface area contributed by atoms with Gasteiger partial charge in [0.25, 0.3) is 5.92 Å². The van der Waals surface area contributed by atoms with E-state index in [9.17, 15) is 9.59 Å². The van der Waals surface area contributed by atoms with Crippen molar-refractivity contribution in [3.05, 3.63) is 24.7 Å². The Hall–Kier alpha value is -3.92. The first-order valence-corrected chi connectivity index (χ1v) is 14.0. The van der Waals surface area contributed by atoms with Crippen LogP contribution in [0.1, 0.15) is 26.2 Å². The first-order chi connectivity index (χ1) is 20.2. The van der Waals surface area contributed by atoms with E-state index in [2.05, 4.69) is 35.5 Å². The molecule has 3 aliphatic rings. The lowest BCUT2D eigenvalue weighted by Gasteiger charge is -2.42.